The molecule has 1 saturated heterocycles. The molecule has 1 atom stereocenters. The summed E-state index contributed by atoms with van der Waals surface area (Å²) in [6, 6.07) is 3.26. The van der Waals surface area contributed by atoms with Gasteiger partial charge in [-0.2, -0.15) is 11.8 Å². The van der Waals surface area contributed by atoms with Gasteiger partial charge in [0.1, 0.15) is 17.4 Å². The summed E-state index contributed by atoms with van der Waals surface area (Å²) < 4.78 is 26.3. The van der Waals surface area contributed by atoms with Crippen LogP contribution in [0.15, 0.2) is 18.2 Å². The molecule has 1 aromatic carbocycles. The van der Waals surface area contributed by atoms with E-state index < -0.39 is 11.6 Å². The Morgan fingerprint density at radius 2 is 2.18 bits per heavy atom. The molecule has 92 valence electrons. The van der Waals surface area contributed by atoms with Gasteiger partial charge in [-0.3, -0.25) is 4.79 Å². The molecule has 1 unspecified atom stereocenters. The number of hydrogen-bond acceptors (Lipinski definition) is 2. The molecule has 1 aromatic rings. The Morgan fingerprint density at radius 1 is 1.35 bits per heavy atom. The van der Waals surface area contributed by atoms with Crippen molar-refractivity contribution in [3.63, 3.8) is 0 Å². The number of Topliss-reactive ketones (excluding diaryl/α,β-unsaturated/α-hetero) is 1. The summed E-state index contributed by atoms with van der Waals surface area (Å²) in [5.41, 5.74) is 0.168. The predicted octanol–water partition coefficient (Wildman–Crippen LogP) is 3.36. The van der Waals surface area contributed by atoms with Gasteiger partial charge in [-0.25, -0.2) is 8.78 Å². The summed E-state index contributed by atoms with van der Waals surface area (Å²) in [6.45, 7) is 0. The summed E-state index contributed by atoms with van der Waals surface area (Å²) >= 11 is 1.63. The lowest BCUT2D eigenvalue weighted by Crippen LogP contribution is -2.23. The minimum Gasteiger partial charge on any atom is -0.298 e. The third-order valence-corrected chi connectivity index (χ3v) is 4.34. The molecule has 0 radical (unpaired) electrons. The van der Waals surface area contributed by atoms with Gasteiger partial charge in [0.2, 0.25) is 0 Å². The number of ketones is 1. The summed E-state index contributed by atoms with van der Waals surface area (Å²) in [6.07, 6.45) is 3.06. The van der Waals surface area contributed by atoms with Crippen molar-refractivity contribution in [1.82, 2.24) is 0 Å². The van der Waals surface area contributed by atoms with Gasteiger partial charge in [-0.05, 0) is 42.4 Å². The highest BCUT2D eigenvalue weighted by molar-refractivity contribution is 8.00. The first-order valence-corrected chi connectivity index (χ1v) is 6.80. The van der Waals surface area contributed by atoms with Gasteiger partial charge in [-0.1, -0.05) is 6.42 Å². The molecule has 0 saturated carbocycles. The Labute approximate surface area is 104 Å². The zero-order valence-electron chi connectivity index (χ0n) is 9.42. The number of hydrogen-bond donors (Lipinski definition) is 0. The average molecular weight is 256 g/mol. The van der Waals surface area contributed by atoms with Gasteiger partial charge < -0.3 is 0 Å². The number of thioether (sulfide) groups is 1. The first-order valence-electron chi connectivity index (χ1n) is 5.75. The number of carbonyl (C=O) groups is 1. The first-order chi connectivity index (χ1) is 8.16. The van der Waals surface area contributed by atoms with Crippen molar-refractivity contribution in [2.24, 2.45) is 0 Å². The van der Waals surface area contributed by atoms with E-state index in [1.807, 2.05) is 0 Å². The van der Waals surface area contributed by atoms with Crippen LogP contribution in [0.3, 0.4) is 0 Å². The Hall–Kier alpha value is -0.900. The Morgan fingerprint density at radius 3 is 2.88 bits per heavy atom. The zero-order chi connectivity index (χ0) is 12.3. The van der Waals surface area contributed by atoms with Crippen molar-refractivity contribution in [3.05, 3.63) is 35.4 Å². The van der Waals surface area contributed by atoms with Gasteiger partial charge in [0, 0.05) is 6.42 Å². The second-order valence-corrected chi connectivity index (χ2v) is 5.54. The monoisotopic (exact) mass is 256 g/mol. The highest BCUT2D eigenvalue weighted by atomic mass is 32.2. The molecular weight excluding hydrogens is 242 g/mol. The Kier molecular flexibility index (Phi) is 4.15. The molecule has 0 spiro atoms. The highest BCUT2D eigenvalue weighted by Gasteiger charge is 2.22. The second-order valence-electron chi connectivity index (χ2n) is 4.23. The van der Waals surface area contributed by atoms with E-state index in [0.717, 1.165) is 43.2 Å². The van der Waals surface area contributed by atoms with E-state index >= 15 is 0 Å². The minimum atomic E-state index is -0.499. The van der Waals surface area contributed by atoms with Crippen molar-refractivity contribution in [2.75, 3.05) is 5.75 Å². The minimum absolute atomic E-state index is 0.00125. The zero-order valence-corrected chi connectivity index (χ0v) is 10.2. The molecule has 0 N–H and O–H groups in total. The fourth-order valence-corrected chi connectivity index (χ4v) is 3.23. The topological polar surface area (TPSA) is 17.1 Å². The standard InChI is InChI=1S/C13H14F2OS/c14-10-4-5-11(15)9(7-10)8-12(16)13-3-1-2-6-17-13/h4-5,7,13H,1-3,6,8H2. The molecule has 1 aliphatic heterocycles. The van der Waals surface area contributed by atoms with E-state index in [1.165, 1.54) is 0 Å². The third kappa shape index (κ3) is 3.28. The molecule has 1 heterocycles. The highest BCUT2D eigenvalue weighted by Crippen LogP contribution is 2.27. The quantitative estimate of drug-likeness (QED) is 0.825. The fraction of sp³-hybridized carbons (Fsp3) is 0.462. The summed E-state index contributed by atoms with van der Waals surface area (Å²) in [4.78, 5) is 11.9. The van der Waals surface area contributed by atoms with Crippen molar-refractivity contribution in [3.8, 4) is 0 Å². The second kappa shape index (κ2) is 5.63. The molecular formula is C13H14F2OS. The Bertz CT molecular complexity index is 414. The average Bonchev–Trinajstić information content (AvgIpc) is 2.35. The van der Waals surface area contributed by atoms with Crippen LogP contribution in [0.1, 0.15) is 24.8 Å². The van der Waals surface area contributed by atoms with Crippen LogP contribution in [0.4, 0.5) is 8.78 Å². The van der Waals surface area contributed by atoms with Crippen LogP contribution >= 0.6 is 11.8 Å². The van der Waals surface area contributed by atoms with E-state index in [4.69, 9.17) is 0 Å². The van der Waals surface area contributed by atoms with Gasteiger partial charge in [-0.15, -0.1) is 0 Å². The van der Waals surface area contributed by atoms with Crippen LogP contribution in [0.5, 0.6) is 0 Å². The van der Waals surface area contributed by atoms with E-state index in [-0.39, 0.29) is 23.0 Å². The molecule has 1 fully saturated rings. The van der Waals surface area contributed by atoms with Crippen LogP contribution in [0, 0.1) is 11.6 Å². The lowest BCUT2D eigenvalue weighted by molar-refractivity contribution is -0.118. The van der Waals surface area contributed by atoms with Gasteiger partial charge in [0.25, 0.3) is 0 Å². The predicted molar refractivity (Wildman–Crippen MR) is 65.2 cm³/mol. The van der Waals surface area contributed by atoms with E-state index in [0.29, 0.717) is 0 Å². The molecule has 4 heteroatoms. The largest absolute Gasteiger partial charge is 0.298 e. The first kappa shape index (κ1) is 12.6. The van der Waals surface area contributed by atoms with Crippen LogP contribution in [0.2, 0.25) is 0 Å². The van der Waals surface area contributed by atoms with Crippen molar-refractivity contribution in [1.29, 1.82) is 0 Å². The van der Waals surface area contributed by atoms with E-state index in [2.05, 4.69) is 0 Å². The van der Waals surface area contributed by atoms with E-state index in [9.17, 15) is 13.6 Å². The number of benzene rings is 1. The molecule has 0 amide bonds. The van der Waals surface area contributed by atoms with Crippen LogP contribution in [-0.2, 0) is 11.2 Å². The number of carbonyl (C=O) groups excluding carboxylic acids is 1. The lowest BCUT2D eigenvalue weighted by atomic mass is 10.0. The van der Waals surface area contributed by atoms with Crippen LogP contribution < -0.4 is 0 Å². The molecule has 0 bridgehead atoms. The Balaban J connectivity index is 2.04. The SMILES string of the molecule is O=C(Cc1cc(F)ccc1F)C1CCCCS1. The van der Waals surface area contributed by atoms with Crippen LogP contribution in [0.25, 0.3) is 0 Å². The molecule has 0 aliphatic carbocycles. The van der Waals surface area contributed by atoms with Gasteiger partial charge in [0.15, 0.2) is 0 Å². The maximum absolute atomic E-state index is 13.4. The normalized spacial score (nSPS) is 20.2. The molecule has 1 aliphatic rings. The third-order valence-electron chi connectivity index (χ3n) is 2.91. The fourth-order valence-electron chi connectivity index (χ4n) is 1.97. The maximum atomic E-state index is 13.4. The lowest BCUT2D eigenvalue weighted by Gasteiger charge is -2.19. The summed E-state index contributed by atoms with van der Waals surface area (Å²) in [7, 11) is 0. The number of halogens is 2. The van der Waals surface area contributed by atoms with E-state index in [1.54, 1.807) is 11.8 Å². The molecule has 1 nitrogen and oxygen atoms in total. The molecule has 2 rings (SSSR count). The van der Waals surface area contributed by atoms with Crippen molar-refractivity contribution < 1.29 is 13.6 Å². The molecule has 0 aromatic heterocycles. The van der Waals surface area contributed by atoms with Crippen LogP contribution in [-0.4, -0.2) is 16.8 Å². The van der Waals surface area contributed by atoms with Crippen molar-refractivity contribution >= 4 is 17.5 Å². The number of rotatable bonds is 3. The van der Waals surface area contributed by atoms with Gasteiger partial charge in [0.05, 0.1) is 5.25 Å². The summed E-state index contributed by atoms with van der Waals surface area (Å²) in [5, 5.41) is -0.0357. The molecule has 17 heavy (non-hydrogen) atoms. The van der Waals surface area contributed by atoms with Crippen molar-refractivity contribution in [2.45, 2.75) is 30.9 Å². The summed E-state index contributed by atoms with van der Waals surface area (Å²) in [5.74, 6) is 0.00689. The smallest absolute Gasteiger partial charge is 0.150 e. The van der Waals surface area contributed by atoms with Gasteiger partial charge >= 0.3 is 0 Å². The maximum Gasteiger partial charge on any atom is 0.150 e.